The average Bonchev–Trinajstić information content (AvgIpc) is 3.04. The van der Waals surface area contributed by atoms with Gasteiger partial charge in [-0.15, -0.1) is 0 Å². The van der Waals surface area contributed by atoms with Crippen LogP contribution in [0.2, 0.25) is 0 Å². The minimum atomic E-state index is -1.10. The van der Waals surface area contributed by atoms with Crippen LogP contribution in [0.4, 0.5) is 0 Å². The lowest BCUT2D eigenvalue weighted by Crippen LogP contribution is -2.56. The first-order valence-corrected chi connectivity index (χ1v) is 9.54. The van der Waals surface area contributed by atoms with E-state index in [-0.39, 0.29) is 17.7 Å². The highest BCUT2D eigenvalue weighted by atomic mass is 16.5. The number of aryl methyl sites for hydroxylation is 1. The average molecular weight is 365 g/mol. The lowest BCUT2D eigenvalue weighted by Gasteiger charge is -2.37. The number of carboxylic acid groups (broad SMARTS) is 1. The quantitative estimate of drug-likeness (QED) is 0.768. The first-order chi connectivity index (χ1) is 12.2. The minimum Gasteiger partial charge on any atom is -0.480 e. The number of nitrogens with zero attached hydrogens (tertiary/aromatic N) is 2. The maximum absolute atomic E-state index is 12.3. The number of hydrogen-bond acceptors (Lipinski definition) is 5. The number of carboxylic acids is 1. The molecule has 0 saturated heterocycles. The molecule has 0 radical (unpaired) electrons. The van der Waals surface area contributed by atoms with Gasteiger partial charge in [0.1, 0.15) is 5.54 Å². The van der Waals surface area contributed by atoms with Crippen molar-refractivity contribution in [1.29, 1.82) is 0 Å². The van der Waals surface area contributed by atoms with E-state index in [4.69, 9.17) is 4.52 Å². The van der Waals surface area contributed by atoms with Crippen LogP contribution < -0.4 is 5.32 Å². The van der Waals surface area contributed by atoms with Crippen molar-refractivity contribution in [3.8, 4) is 0 Å². The number of nitrogens with one attached hydrogen (secondary N) is 1. The predicted molar refractivity (Wildman–Crippen MR) is 96.7 cm³/mol. The van der Waals surface area contributed by atoms with Crippen molar-refractivity contribution in [2.75, 3.05) is 0 Å². The number of amides is 1. The summed E-state index contributed by atoms with van der Waals surface area (Å²) in [5.74, 6) is 0.576. The van der Waals surface area contributed by atoms with Crippen LogP contribution in [0.15, 0.2) is 4.52 Å². The van der Waals surface area contributed by atoms with Crippen LogP contribution in [0.25, 0.3) is 0 Å². The zero-order valence-electron chi connectivity index (χ0n) is 16.3. The summed E-state index contributed by atoms with van der Waals surface area (Å²) in [5.41, 5.74) is -1.28. The third-order valence-electron chi connectivity index (χ3n) is 5.26. The second-order valence-electron chi connectivity index (χ2n) is 8.40. The van der Waals surface area contributed by atoms with E-state index in [0.29, 0.717) is 43.3 Å². The van der Waals surface area contributed by atoms with E-state index >= 15 is 0 Å². The fourth-order valence-electron chi connectivity index (χ4n) is 3.36. The Morgan fingerprint density at radius 3 is 2.46 bits per heavy atom. The highest BCUT2D eigenvalue weighted by Gasteiger charge is 2.42. The van der Waals surface area contributed by atoms with E-state index in [1.54, 1.807) is 0 Å². The molecule has 26 heavy (non-hydrogen) atoms. The third-order valence-corrected chi connectivity index (χ3v) is 5.26. The maximum atomic E-state index is 12.3. The molecule has 146 valence electrons. The topological polar surface area (TPSA) is 105 Å². The third kappa shape index (κ3) is 5.05. The predicted octanol–water partition coefficient (Wildman–Crippen LogP) is 3.23. The van der Waals surface area contributed by atoms with Gasteiger partial charge in [0, 0.05) is 18.3 Å². The second-order valence-corrected chi connectivity index (χ2v) is 8.40. The molecule has 2 N–H and O–H groups in total. The Morgan fingerprint density at radius 2 is 1.96 bits per heavy atom. The van der Waals surface area contributed by atoms with Crippen molar-refractivity contribution in [3.63, 3.8) is 0 Å². The van der Waals surface area contributed by atoms with Crippen LogP contribution in [0.5, 0.6) is 0 Å². The molecule has 1 aliphatic carbocycles. The summed E-state index contributed by atoms with van der Waals surface area (Å²) in [6.45, 7) is 8.15. The van der Waals surface area contributed by atoms with E-state index in [1.807, 2.05) is 20.8 Å². The lowest BCUT2D eigenvalue weighted by atomic mass is 9.75. The molecule has 0 aromatic carbocycles. The first-order valence-electron chi connectivity index (χ1n) is 9.54. The van der Waals surface area contributed by atoms with E-state index in [9.17, 15) is 14.7 Å². The molecule has 0 atom stereocenters. The summed E-state index contributed by atoms with van der Waals surface area (Å²) in [7, 11) is 0. The highest BCUT2D eigenvalue weighted by Crippen LogP contribution is 2.34. The Hall–Kier alpha value is -1.92. The molecule has 1 amide bonds. The van der Waals surface area contributed by atoms with Crippen molar-refractivity contribution in [3.05, 3.63) is 11.7 Å². The second kappa shape index (κ2) is 8.18. The van der Waals surface area contributed by atoms with Gasteiger partial charge in [-0.1, -0.05) is 39.3 Å². The van der Waals surface area contributed by atoms with Crippen molar-refractivity contribution in [2.24, 2.45) is 5.92 Å². The van der Waals surface area contributed by atoms with Gasteiger partial charge in [0.05, 0.1) is 0 Å². The number of rotatable bonds is 7. The molecule has 0 unspecified atom stereocenters. The number of carbonyl (C=O) groups is 2. The molecule has 0 aliphatic heterocycles. The van der Waals surface area contributed by atoms with Crippen LogP contribution >= 0.6 is 0 Å². The summed E-state index contributed by atoms with van der Waals surface area (Å²) in [5, 5.41) is 16.4. The molecule has 1 aromatic rings. The Kier molecular flexibility index (Phi) is 6.42. The van der Waals surface area contributed by atoms with E-state index in [1.165, 1.54) is 0 Å². The van der Waals surface area contributed by atoms with Gasteiger partial charge in [-0.3, -0.25) is 4.79 Å². The van der Waals surface area contributed by atoms with Crippen LogP contribution in [0.1, 0.15) is 84.4 Å². The Morgan fingerprint density at radius 1 is 1.31 bits per heavy atom. The molecule has 1 saturated carbocycles. The fourth-order valence-corrected chi connectivity index (χ4v) is 3.36. The molecule has 1 aliphatic rings. The zero-order valence-corrected chi connectivity index (χ0v) is 16.3. The van der Waals surface area contributed by atoms with Crippen LogP contribution in [0.3, 0.4) is 0 Å². The first kappa shape index (κ1) is 20.4. The van der Waals surface area contributed by atoms with Crippen molar-refractivity contribution < 1.29 is 19.2 Å². The standard InChI is InChI=1S/C19H31N3O4/c1-5-13-9-11-19(12-10-13,17(24)25)21-14(23)7-6-8-15-20-16(22-26-15)18(2,3)4/h13H,5-12H2,1-4H3,(H,21,23)(H,24,25). The molecular formula is C19H31N3O4. The van der Waals surface area contributed by atoms with E-state index < -0.39 is 11.5 Å². The Bertz CT molecular complexity index is 625. The van der Waals surface area contributed by atoms with Crippen LogP contribution in [0, 0.1) is 5.92 Å². The van der Waals surface area contributed by atoms with E-state index in [2.05, 4.69) is 22.4 Å². The van der Waals surface area contributed by atoms with E-state index in [0.717, 1.165) is 19.3 Å². The monoisotopic (exact) mass is 365 g/mol. The minimum absolute atomic E-state index is 0.176. The zero-order chi connectivity index (χ0) is 19.4. The van der Waals surface area contributed by atoms with Gasteiger partial charge in [-0.05, 0) is 38.0 Å². The smallest absolute Gasteiger partial charge is 0.329 e. The van der Waals surface area contributed by atoms with Crippen LogP contribution in [-0.2, 0) is 21.4 Å². The van der Waals surface area contributed by atoms with Gasteiger partial charge < -0.3 is 14.9 Å². The van der Waals surface area contributed by atoms with Gasteiger partial charge in [-0.25, -0.2) is 4.79 Å². The molecule has 1 heterocycles. The molecular weight excluding hydrogens is 334 g/mol. The molecule has 0 spiro atoms. The number of carbonyl (C=O) groups excluding carboxylic acids is 1. The molecule has 2 rings (SSSR count). The summed E-state index contributed by atoms with van der Waals surface area (Å²) in [6, 6.07) is 0. The largest absolute Gasteiger partial charge is 0.480 e. The Labute approximate surface area is 154 Å². The molecule has 7 heteroatoms. The molecule has 1 fully saturated rings. The number of aliphatic carboxylic acids is 1. The SMILES string of the molecule is CCC1CCC(NC(=O)CCCc2nc(C(C)(C)C)no2)(C(=O)O)CC1. The lowest BCUT2D eigenvalue weighted by molar-refractivity contribution is -0.149. The maximum Gasteiger partial charge on any atom is 0.329 e. The molecule has 1 aromatic heterocycles. The fraction of sp³-hybridized carbons (Fsp3) is 0.789. The Balaban J connectivity index is 1.83. The van der Waals surface area contributed by atoms with Crippen molar-refractivity contribution in [2.45, 2.75) is 90.0 Å². The van der Waals surface area contributed by atoms with Gasteiger partial charge in [0.25, 0.3) is 0 Å². The number of aromatic nitrogens is 2. The summed E-state index contributed by atoms with van der Waals surface area (Å²) < 4.78 is 5.22. The van der Waals surface area contributed by atoms with Crippen LogP contribution in [-0.4, -0.2) is 32.7 Å². The highest BCUT2D eigenvalue weighted by molar-refractivity contribution is 5.87. The normalized spacial score (nSPS) is 23.6. The van der Waals surface area contributed by atoms with Gasteiger partial charge >= 0.3 is 5.97 Å². The molecule has 0 bridgehead atoms. The van der Waals surface area contributed by atoms with Crippen molar-refractivity contribution in [1.82, 2.24) is 15.5 Å². The molecule has 7 nitrogen and oxygen atoms in total. The van der Waals surface area contributed by atoms with Gasteiger partial charge in [-0.2, -0.15) is 4.98 Å². The summed E-state index contributed by atoms with van der Waals surface area (Å²) in [4.78, 5) is 28.4. The summed E-state index contributed by atoms with van der Waals surface area (Å²) in [6.07, 6.45) is 5.07. The van der Waals surface area contributed by atoms with Crippen molar-refractivity contribution >= 4 is 11.9 Å². The van der Waals surface area contributed by atoms with Gasteiger partial charge in [0.2, 0.25) is 11.8 Å². The number of hydrogen-bond donors (Lipinski definition) is 2. The summed E-state index contributed by atoms with van der Waals surface area (Å²) >= 11 is 0. The van der Waals surface area contributed by atoms with Gasteiger partial charge in [0.15, 0.2) is 5.82 Å².